The molecule has 2 aromatic carbocycles. The van der Waals surface area contributed by atoms with E-state index >= 15 is 0 Å². The van der Waals surface area contributed by atoms with Gasteiger partial charge in [-0.1, -0.05) is 54.2 Å². The van der Waals surface area contributed by atoms with Crippen molar-refractivity contribution < 1.29 is 4.79 Å². The standard InChI is InChI=1S/C21H23N3O2S/c1-4-24-20(26)17-12-8-9-13-18(17)23-21(24)27-15(3)19(25)22-14(2)16-10-6-5-7-11-16/h5-15H,4H2,1-3H3,(H,22,25). The molecular weight excluding hydrogens is 358 g/mol. The van der Waals surface area contributed by atoms with Crippen LogP contribution in [-0.2, 0) is 11.3 Å². The fourth-order valence-corrected chi connectivity index (χ4v) is 3.87. The molecule has 0 radical (unpaired) electrons. The molecule has 27 heavy (non-hydrogen) atoms. The quantitative estimate of drug-likeness (QED) is 0.521. The topological polar surface area (TPSA) is 64.0 Å². The minimum atomic E-state index is -0.373. The maximum atomic E-state index is 12.7. The van der Waals surface area contributed by atoms with Crippen molar-refractivity contribution in [1.29, 1.82) is 0 Å². The van der Waals surface area contributed by atoms with E-state index in [1.807, 2.05) is 69.3 Å². The highest BCUT2D eigenvalue weighted by Gasteiger charge is 2.20. The van der Waals surface area contributed by atoms with Crippen LogP contribution in [0.5, 0.6) is 0 Å². The molecule has 0 saturated carbocycles. The second-order valence-electron chi connectivity index (χ2n) is 6.36. The number of nitrogens with zero attached hydrogens (tertiary/aromatic N) is 2. The largest absolute Gasteiger partial charge is 0.349 e. The molecule has 1 aromatic heterocycles. The third kappa shape index (κ3) is 4.22. The maximum Gasteiger partial charge on any atom is 0.262 e. The van der Waals surface area contributed by atoms with Crippen LogP contribution in [0.25, 0.3) is 10.9 Å². The normalized spacial score (nSPS) is 13.3. The van der Waals surface area contributed by atoms with Gasteiger partial charge in [0.05, 0.1) is 22.2 Å². The Morgan fingerprint density at radius 1 is 1.11 bits per heavy atom. The van der Waals surface area contributed by atoms with E-state index in [-0.39, 0.29) is 22.8 Å². The highest BCUT2D eigenvalue weighted by Crippen LogP contribution is 2.23. The number of nitrogens with one attached hydrogen (secondary N) is 1. The van der Waals surface area contributed by atoms with Crippen LogP contribution < -0.4 is 10.9 Å². The number of carbonyl (C=O) groups excluding carboxylic acids is 1. The molecule has 2 unspecified atom stereocenters. The number of thioether (sulfide) groups is 1. The van der Waals surface area contributed by atoms with Gasteiger partial charge in [0.25, 0.3) is 5.56 Å². The average Bonchev–Trinajstić information content (AvgIpc) is 2.69. The molecule has 3 aromatic rings. The summed E-state index contributed by atoms with van der Waals surface area (Å²) >= 11 is 1.31. The summed E-state index contributed by atoms with van der Waals surface area (Å²) in [5.41, 5.74) is 1.63. The van der Waals surface area contributed by atoms with Crippen LogP contribution in [0.4, 0.5) is 0 Å². The Balaban J connectivity index is 1.80. The van der Waals surface area contributed by atoms with Crippen LogP contribution in [-0.4, -0.2) is 20.7 Å². The highest BCUT2D eigenvalue weighted by atomic mass is 32.2. The zero-order valence-corrected chi connectivity index (χ0v) is 16.5. The minimum absolute atomic E-state index is 0.0733. The van der Waals surface area contributed by atoms with E-state index in [4.69, 9.17) is 0 Å². The van der Waals surface area contributed by atoms with E-state index < -0.39 is 0 Å². The second-order valence-corrected chi connectivity index (χ2v) is 7.67. The lowest BCUT2D eigenvalue weighted by Crippen LogP contribution is -2.33. The molecular formula is C21H23N3O2S. The molecule has 1 heterocycles. The van der Waals surface area contributed by atoms with Crippen molar-refractivity contribution >= 4 is 28.6 Å². The van der Waals surface area contributed by atoms with E-state index in [9.17, 15) is 9.59 Å². The van der Waals surface area contributed by atoms with Gasteiger partial charge in [-0.2, -0.15) is 0 Å². The van der Waals surface area contributed by atoms with Crippen LogP contribution in [0.1, 0.15) is 32.4 Å². The van der Waals surface area contributed by atoms with Crippen LogP contribution >= 0.6 is 11.8 Å². The maximum absolute atomic E-state index is 12.7. The molecule has 0 bridgehead atoms. The smallest absolute Gasteiger partial charge is 0.262 e. The van der Waals surface area contributed by atoms with Gasteiger partial charge in [0.1, 0.15) is 0 Å². The van der Waals surface area contributed by atoms with Crippen molar-refractivity contribution in [3.63, 3.8) is 0 Å². The summed E-state index contributed by atoms with van der Waals surface area (Å²) in [6, 6.07) is 17.0. The van der Waals surface area contributed by atoms with Crippen LogP contribution in [0.2, 0.25) is 0 Å². The van der Waals surface area contributed by atoms with Gasteiger partial charge in [-0.05, 0) is 38.5 Å². The van der Waals surface area contributed by atoms with Crippen LogP contribution in [0.3, 0.4) is 0 Å². The molecule has 3 rings (SSSR count). The lowest BCUT2D eigenvalue weighted by atomic mass is 10.1. The average molecular weight is 382 g/mol. The summed E-state index contributed by atoms with van der Waals surface area (Å²) < 4.78 is 1.62. The molecule has 5 nitrogen and oxygen atoms in total. The van der Waals surface area contributed by atoms with Gasteiger partial charge >= 0.3 is 0 Å². The molecule has 2 atom stereocenters. The molecule has 0 saturated heterocycles. The Morgan fingerprint density at radius 3 is 2.48 bits per heavy atom. The zero-order valence-electron chi connectivity index (χ0n) is 15.7. The van der Waals surface area contributed by atoms with E-state index in [0.717, 1.165) is 5.56 Å². The summed E-state index contributed by atoms with van der Waals surface area (Å²) in [5, 5.41) is 3.82. The third-order valence-electron chi connectivity index (χ3n) is 4.45. The number of para-hydroxylation sites is 1. The van der Waals surface area contributed by atoms with Crippen molar-refractivity contribution in [2.75, 3.05) is 0 Å². The highest BCUT2D eigenvalue weighted by molar-refractivity contribution is 8.00. The number of rotatable bonds is 6. The number of carbonyl (C=O) groups is 1. The van der Waals surface area contributed by atoms with Gasteiger partial charge < -0.3 is 5.32 Å². The van der Waals surface area contributed by atoms with Gasteiger partial charge in [0.15, 0.2) is 5.16 Å². The molecule has 1 N–H and O–H groups in total. The van der Waals surface area contributed by atoms with Gasteiger partial charge in [-0.3, -0.25) is 14.2 Å². The van der Waals surface area contributed by atoms with E-state index in [1.165, 1.54) is 11.8 Å². The summed E-state index contributed by atoms with van der Waals surface area (Å²) in [7, 11) is 0. The van der Waals surface area contributed by atoms with Crippen molar-refractivity contribution in [3.8, 4) is 0 Å². The van der Waals surface area contributed by atoms with Crippen molar-refractivity contribution in [2.24, 2.45) is 0 Å². The van der Waals surface area contributed by atoms with E-state index in [0.29, 0.717) is 22.6 Å². The number of benzene rings is 2. The molecule has 0 aliphatic carbocycles. The van der Waals surface area contributed by atoms with Gasteiger partial charge in [0, 0.05) is 6.54 Å². The first-order valence-corrected chi connectivity index (χ1v) is 9.90. The molecule has 140 valence electrons. The van der Waals surface area contributed by atoms with E-state index in [1.54, 1.807) is 10.6 Å². The number of amides is 1. The lowest BCUT2D eigenvalue weighted by molar-refractivity contribution is -0.120. The summed E-state index contributed by atoms with van der Waals surface area (Å²) in [5.74, 6) is -0.0820. The summed E-state index contributed by atoms with van der Waals surface area (Å²) in [6.45, 7) is 6.21. The summed E-state index contributed by atoms with van der Waals surface area (Å²) in [4.78, 5) is 29.9. The second kappa shape index (κ2) is 8.39. The molecule has 6 heteroatoms. The Bertz CT molecular complexity index is 1000. The third-order valence-corrected chi connectivity index (χ3v) is 5.54. The fraction of sp³-hybridized carbons (Fsp3) is 0.286. The number of aromatic nitrogens is 2. The monoisotopic (exact) mass is 381 g/mol. The Labute approximate surface area is 162 Å². The van der Waals surface area contributed by atoms with Crippen LogP contribution in [0, 0.1) is 0 Å². The molecule has 0 fully saturated rings. The fourth-order valence-electron chi connectivity index (χ4n) is 2.88. The van der Waals surface area contributed by atoms with Crippen molar-refractivity contribution in [3.05, 3.63) is 70.5 Å². The van der Waals surface area contributed by atoms with Crippen molar-refractivity contribution in [2.45, 2.75) is 43.8 Å². The zero-order chi connectivity index (χ0) is 19.4. The summed E-state index contributed by atoms with van der Waals surface area (Å²) in [6.07, 6.45) is 0. The first-order valence-electron chi connectivity index (χ1n) is 9.02. The number of hydrogen-bond donors (Lipinski definition) is 1. The predicted molar refractivity (Wildman–Crippen MR) is 110 cm³/mol. The predicted octanol–water partition coefficient (Wildman–Crippen LogP) is 3.77. The van der Waals surface area contributed by atoms with Gasteiger partial charge in [-0.25, -0.2) is 4.98 Å². The first kappa shape index (κ1) is 19.2. The van der Waals surface area contributed by atoms with Crippen molar-refractivity contribution in [1.82, 2.24) is 14.9 Å². The number of hydrogen-bond acceptors (Lipinski definition) is 4. The lowest BCUT2D eigenvalue weighted by Gasteiger charge is -2.19. The Morgan fingerprint density at radius 2 is 1.78 bits per heavy atom. The molecule has 1 amide bonds. The molecule has 0 spiro atoms. The first-order chi connectivity index (χ1) is 13.0. The van der Waals surface area contributed by atoms with Gasteiger partial charge in [0.2, 0.25) is 5.91 Å². The SMILES string of the molecule is CCn1c(SC(C)C(=O)NC(C)c2ccccc2)nc2ccccc2c1=O. The van der Waals surface area contributed by atoms with E-state index in [2.05, 4.69) is 10.3 Å². The Kier molecular flexibility index (Phi) is 5.96. The molecule has 0 aliphatic heterocycles. The van der Waals surface area contributed by atoms with Gasteiger partial charge in [-0.15, -0.1) is 0 Å². The minimum Gasteiger partial charge on any atom is -0.349 e. The Hall–Kier alpha value is -2.60. The number of fused-ring (bicyclic) bond motifs is 1. The molecule has 0 aliphatic rings. The van der Waals surface area contributed by atoms with Crippen LogP contribution in [0.15, 0.2) is 64.5 Å².